The van der Waals surface area contributed by atoms with E-state index in [1.165, 1.54) is 11.3 Å². The minimum atomic E-state index is 0.454. The summed E-state index contributed by atoms with van der Waals surface area (Å²) in [6.45, 7) is 3.06. The van der Waals surface area contributed by atoms with E-state index in [2.05, 4.69) is 36.5 Å². The highest BCUT2D eigenvalue weighted by molar-refractivity contribution is 5.54. The fraction of sp³-hybridized carbons (Fsp3) is 0.500. The number of benzene rings is 1. The summed E-state index contributed by atoms with van der Waals surface area (Å²) in [5.41, 5.74) is 2.69. The average Bonchev–Trinajstić information content (AvgIpc) is 2.19. The lowest BCUT2D eigenvalue weighted by atomic mass is 9.89. The summed E-state index contributed by atoms with van der Waals surface area (Å²) in [6, 6.07) is 8.97. The molecule has 0 fully saturated rings. The van der Waals surface area contributed by atoms with Crippen molar-refractivity contribution >= 4 is 5.69 Å². The summed E-state index contributed by atoms with van der Waals surface area (Å²) < 4.78 is 5.20. The molecule has 1 aliphatic heterocycles. The lowest BCUT2D eigenvalue weighted by molar-refractivity contribution is 0.166. The van der Waals surface area contributed by atoms with Crippen LogP contribution in [0.2, 0.25) is 0 Å². The summed E-state index contributed by atoms with van der Waals surface area (Å²) in [4.78, 5) is 0. The van der Waals surface area contributed by atoms with Gasteiger partial charge in [0.05, 0.1) is 12.6 Å². The maximum atomic E-state index is 5.20. The number of hydrogen-bond acceptors (Lipinski definition) is 2. The maximum absolute atomic E-state index is 5.20. The van der Waals surface area contributed by atoms with Crippen LogP contribution in [-0.2, 0) is 11.2 Å². The summed E-state index contributed by atoms with van der Waals surface area (Å²) in [7, 11) is 1.76. The molecule has 0 radical (unpaired) electrons. The number of ether oxygens (including phenoxy) is 1. The largest absolute Gasteiger partial charge is 0.383 e. The molecule has 2 nitrogen and oxygen atoms in total. The molecule has 1 N–H and O–H groups in total. The van der Waals surface area contributed by atoms with Crippen molar-refractivity contribution in [2.45, 2.75) is 19.4 Å². The molecule has 1 aromatic carbocycles. The van der Waals surface area contributed by atoms with Crippen LogP contribution in [0.4, 0.5) is 5.69 Å². The molecule has 1 aliphatic rings. The minimum absolute atomic E-state index is 0.454. The number of para-hydroxylation sites is 1. The number of anilines is 1. The predicted molar refractivity (Wildman–Crippen MR) is 58.6 cm³/mol. The Kier molecular flexibility index (Phi) is 2.73. The van der Waals surface area contributed by atoms with Crippen molar-refractivity contribution < 1.29 is 4.74 Å². The van der Waals surface area contributed by atoms with E-state index in [4.69, 9.17) is 4.74 Å². The Bertz CT molecular complexity index is 311. The standard InChI is InChI=1S/C12H17NO/c1-9-7-10-5-3-4-6-11(10)13-12(9)8-14-2/h3-6,9,12-13H,7-8H2,1-2H3/t9-,12-/m0/s1. The quantitative estimate of drug-likeness (QED) is 0.774. The van der Waals surface area contributed by atoms with E-state index in [1.54, 1.807) is 7.11 Å². The van der Waals surface area contributed by atoms with Crippen LogP contribution in [0.25, 0.3) is 0 Å². The minimum Gasteiger partial charge on any atom is -0.383 e. The van der Waals surface area contributed by atoms with Gasteiger partial charge in [0.25, 0.3) is 0 Å². The van der Waals surface area contributed by atoms with Crippen LogP contribution < -0.4 is 5.32 Å². The summed E-state index contributed by atoms with van der Waals surface area (Å²) >= 11 is 0. The molecule has 2 atom stereocenters. The Hall–Kier alpha value is -1.02. The van der Waals surface area contributed by atoms with Crippen molar-refractivity contribution in [3.63, 3.8) is 0 Å². The van der Waals surface area contributed by atoms with Gasteiger partial charge in [0.15, 0.2) is 0 Å². The van der Waals surface area contributed by atoms with Crippen molar-refractivity contribution in [2.24, 2.45) is 5.92 Å². The highest BCUT2D eigenvalue weighted by Crippen LogP contribution is 2.27. The van der Waals surface area contributed by atoms with Crippen LogP contribution in [0.15, 0.2) is 24.3 Å². The molecule has 1 aromatic rings. The van der Waals surface area contributed by atoms with Gasteiger partial charge in [-0.25, -0.2) is 0 Å². The van der Waals surface area contributed by atoms with Crippen LogP contribution in [0.1, 0.15) is 12.5 Å². The third-order valence-electron chi connectivity index (χ3n) is 2.93. The molecule has 0 amide bonds. The van der Waals surface area contributed by atoms with E-state index in [1.807, 2.05) is 0 Å². The van der Waals surface area contributed by atoms with Crippen molar-refractivity contribution in [1.82, 2.24) is 0 Å². The van der Waals surface area contributed by atoms with E-state index in [0.29, 0.717) is 12.0 Å². The third kappa shape index (κ3) is 1.75. The molecule has 0 aromatic heterocycles. The SMILES string of the molecule is COC[C@@H]1Nc2ccccc2C[C@@H]1C. The molecular formula is C12H17NO. The second-order valence-electron chi connectivity index (χ2n) is 4.04. The van der Waals surface area contributed by atoms with Crippen molar-refractivity contribution in [3.05, 3.63) is 29.8 Å². The Labute approximate surface area is 85.3 Å². The van der Waals surface area contributed by atoms with Gasteiger partial charge in [0, 0.05) is 12.8 Å². The molecule has 14 heavy (non-hydrogen) atoms. The first kappa shape index (κ1) is 9.53. The van der Waals surface area contributed by atoms with Gasteiger partial charge in [-0.05, 0) is 24.0 Å². The topological polar surface area (TPSA) is 21.3 Å². The highest BCUT2D eigenvalue weighted by atomic mass is 16.5. The number of rotatable bonds is 2. The van der Waals surface area contributed by atoms with E-state index < -0.39 is 0 Å². The van der Waals surface area contributed by atoms with Crippen molar-refractivity contribution in [2.75, 3.05) is 19.0 Å². The summed E-state index contributed by atoms with van der Waals surface area (Å²) in [5.74, 6) is 0.643. The Morgan fingerprint density at radius 1 is 1.43 bits per heavy atom. The average molecular weight is 191 g/mol. The fourth-order valence-corrected chi connectivity index (χ4v) is 2.06. The first-order valence-corrected chi connectivity index (χ1v) is 5.14. The van der Waals surface area contributed by atoms with Gasteiger partial charge in [-0.2, -0.15) is 0 Å². The molecule has 0 aliphatic carbocycles. The first-order chi connectivity index (χ1) is 6.81. The molecule has 0 bridgehead atoms. The molecule has 0 unspecified atom stereocenters. The zero-order chi connectivity index (χ0) is 9.97. The summed E-state index contributed by atoms with van der Waals surface area (Å²) in [5, 5.41) is 3.52. The van der Waals surface area contributed by atoms with Crippen LogP contribution in [0.3, 0.4) is 0 Å². The van der Waals surface area contributed by atoms with Gasteiger partial charge in [-0.1, -0.05) is 25.1 Å². The van der Waals surface area contributed by atoms with Crippen LogP contribution >= 0.6 is 0 Å². The Balaban J connectivity index is 2.18. The Morgan fingerprint density at radius 2 is 2.21 bits per heavy atom. The monoisotopic (exact) mass is 191 g/mol. The van der Waals surface area contributed by atoms with Gasteiger partial charge in [-0.15, -0.1) is 0 Å². The first-order valence-electron chi connectivity index (χ1n) is 5.14. The molecular weight excluding hydrogens is 174 g/mol. The Morgan fingerprint density at radius 3 is 3.00 bits per heavy atom. The van der Waals surface area contributed by atoms with E-state index >= 15 is 0 Å². The normalized spacial score (nSPS) is 25.3. The molecule has 2 heteroatoms. The fourth-order valence-electron chi connectivity index (χ4n) is 2.06. The second kappa shape index (κ2) is 4.01. The van der Waals surface area contributed by atoms with Crippen molar-refractivity contribution in [3.8, 4) is 0 Å². The maximum Gasteiger partial charge on any atom is 0.0666 e. The number of fused-ring (bicyclic) bond motifs is 1. The third-order valence-corrected chi connectivity index (χ3v) is 2.93. The van der Waals surface area contributed by atoms with E-state index in [-0.39, 0.29) is 0 Å². The van der Waals surface area contributed by atoms with Gasteiger partial charge in [-0.3, -0.25) is 0 Å². The lowest BCUT2D eigenvalue weighted by Crippen LogP contribution is -2.36. The number of hydrogen-bond donors (Lipinski definition) is 1. The van der Waals surface area contributed by atoms with Crippen LogP contribution in [0, 0.1) is 5.92 Å². The lowest BCUT2D eigenvalue weighted by Gasteiger charge is -2.32. The molecule has 2 rings (SSSR count). The molecule has 0 saturated carbocycles. The molecule has 0 saturated heterocycles. The van der Waals surface area contributed by atoms with Crippen LogP contribution in [0.5, 0.6) is 0 Å². The predicted octanol–water partition coefficient (Wildman–Crippen LogP) is 2.31. The number of methoxy groups -OCH3 is 1. The molecule has 1 heterocycles. The van der Waals surface area contributed by atoms with Gasteiger partial charge in [0.1, 0.15) is 0 Å². The van der Waals surface area contributed by atoms with Crippen LogP contribution in [-0.4, -0.2) is 19.8 Å². The van der Waals surface area contributed by atoms with Gasteiger partial charge >= 0.3 is 0 Å². The molecule has 76 valence electrons. The smallest absolute Gasteiger partial charge is 0.0666 e. The zero-order valence-corrected chi connectivity index (χ0v) is 8.79. The highest BCUT2D eigenvalue weighted by Gasteiger charge is 2.23. The number of nitrogens with one attached hydrogen (secondary N) is 1. The van der Waals surface area contributed by atoms with Crippen molar-refractivity contribution in [1.29, 1.82) is 0 Å². The van der Waals surface area contributed by atoms with Gasteiger partial charge in [0.2, 0.25) is 0 Å². The molecule has 0 spiro atoms. The zero-order valence-electron chi connectivity index (χ0n) is 8.79. The van der Waals surface area contributed by atoms with Gasteiger partial charge < -0.3 is 10.1 Å². The summed E-state index contributed by atoms with van der Waals surface area (Å²) in [6.07, 6.45) is 1.15. The second-order valence-corrected chi connectivity index (χ2v) is 4.04. The van der Waals surface area contributed by atoms with E-state index in [9.17, 15) is 0 Å². The van der Waals surface area contributed by atoms with E-state index in [0.717, 1.165) is 13.0 Å².